The molecule has 0 fully saturated rings. The van der Waals surface area contributed by atoms with E-state index in [0.29, 0.717) is 29.1 Å². The lowest BCUT2D eigenvalue weighted by molar-refractivity contribution is -0.123. The summed E-state index contributed by atoms with van der Waals surface area (Å²) >= 11 is 1.60. The summed E-state index contributed by atoms with van der Waals surface area (Å²) in [5, 5.41) is 5.65. The van der Waals surface area contributed by atoms with Gasteiger partial charge >= 0.3 is 0 Å². The SMILES string of the molecule is CSCCC(NC(=O)c1cccc(C)c1)C(=O)NCc1ccc(-n2ccnc2C)c(F)c1. The molecule has 0 aliphatic heterocycles. The largest absolute Gasteiger partial charge is 0.350 e. The van der Waals surface area contributed by atoms with Gasteiger partial charge in [0.2, 0.25) is 5.91 Å². The van der Waals surface area contributed by atoms with Crippen LogP contribution in [0.1, 0.15) is 33.7 Å². The number of hydrogen-bond acceptors (Lipinski definition) is 4. The van der Waals surface area contributed by atoms with Crippen LogP contribution in [0.15, 0.2) is 54.9 Å². The molecule has 168 valence electrons. The Hall–Kier alpha value is -3.13. The molecule has 2 amide bonds. The van der Waals surface area contributed by atoms with Gasteiger partial charge in [-0.25, -0.2) is 9.37 Å². The number of aryl methyl sites for hydroxylation is 2. The molecule has 32 heavy (non-hydrogen) atoms. The third-order valence-corrected chi connectivity index (χ3v) is 5.72. The van der Waals surface area contributed by atoms with Crippen molar-refractivity contribution >= 4 is 23.6 Å². The lowest BCUT2D eigenvalue weighted by Crippen LogP contribution is -2.46. The number of carbonyl (C=O) groups excluding carboxylic acids is 2. The predicted octanol–water partition coefficient (Wildman–Crippen LogP) is 3.80. The van der Waals surface area contributed by atoms with Crippen LogP contribution >= 0.6 is 11.8 Å². The molecule has 0 saturated carbocycles. The van der Waals surface area contributed by atoms with Gasteiger partial charge in [0.05, 0.1) is 5.69 Å². The van der Waals surface area contributed by atoms with E-state index in [0.717, 1.165) is 11.3 Å². The molecular weight excluding hydrogens is 427 g/mol. The van der Waals surface area contributed by atoms with Crippen LogP contribution in [0.3, 0.4) is 0 Å². The number of benzene rings is 2. The van der Waals surface area contributed by atoms with Crippen molar-refractivity contribution in [1.29, 1.82) is 0 Å². The molecule has 0 bridgehead atoms. The van der Waals surface area contributed by atoms with E-state index in [1.165, 1.54) is 6.07 Å². The van der Waals surface area contributed by atoms with Crippen LogP contribution in [0.2, 0.25) is 0 Å². The summed E-state index contributed by atoms with van der Waals surface area (Å²) in [6.07, 6.45) is 5.76. The Morgan fingerprint density at radius 2 is 2.00 bits per heavy atom. The number of aromatic nitrogens is 2. The fourth-order valence-electron chi connectivity index (χ4n) is 3.33. The molecule has 0 radical (unpaired) electrons. The molecule has 1 unspecified atom stereocenters. The number of carbonyl (C=O) groups is 2. The molecule has 0 spiro atoms. The first-order valence-electron chi connectivity index (χ1n) is 10.3. The minimum absolute atomic E-state index is 0.162. The molecule has 3 rings (SSSR count). The molecule has 2 aromatic carbocycles. The number of nitrogens with zero attached hydrogens (tertiary/aromatic N) is 2. The number of amides is 2. The predicted molar refractivity (Wildman–Crippen MR) is 126 cm³/mol. The monoisotopic (exact) mass is 454 g/mol. The van der Waals surface area contributed by atoms with Crippen molar-refractivity contribution in [2.45, 2.75) is 32.9 Å². The van der Waals surface area contributed by atoms with Gasteiger partial charge in [-0.15, -0.1) is 0 Å². The van der Waals surface area contributed by atoms with E-state index in [-0.39, 0.29) is 18.4 Å². The van der Waals surface area contributed by atoms with E-state index < -0.39 is 11.9 Å². The minimum Gasteiger partial charge on any atom is -0.350 e. The Bertz CT molecular complexity index is 1100. The highest BCUT2D eigenvalue weighted by molar-refractivity contribution is 7.98. The number of hydrogen-bond donors (Lipinski definition) is 2. The second-order valence-corrected chi connectivity index (χ2v) is 8.51. The lowest BCUT2D eigenvalue weighted by Gasteiger charge is -2.18. The second kappa shape index (κ2) is 10.9. The molecule has 1 aromatic heterocycles. The summed E-state index contributed by atoms with van der Waals surface area (Å²) in [5.74, 6) is 0.422. The van der Waals surface area contributed by atoms with E-state index >= 15 is 0 Å². The van der Waals surface area contributed by atoms with Crippen LogP contribution in [0, 0.1) is 19.7 Å². The summed E-state index contributed by atoms with van der Waals surface area (Å²) < 4.78 is 16.3. The lowest BCUT2D eigenvalue weighted by atomic mass is 10.1. The fourth-order valence-corrected chi connectivity index (χ4v) is 3.80. The zero-order valence-electron chi connectivity index (χ0n) is 18.4. The normalized spacial score (nSPS) is 11.8. The number of halogens is 1. The van der Waals surface area contributed by atoms with Crippen LogP contribution in [0.4, 0.5) is 4.39 Å². The maximum atomic E-state index is 14.6. The minimum atomic E-state index is -0.673. The first-order valence-corrected chi connectivity index (χ1v) is 11.7. The van der Waals surface area contributed by atoms with E-state index in [2.05, 4.69) is 15.6 Å². The number of imidazole rings is 1. The highest BCUT2D eigenvalue weighted by atomic mass is 32.2. The molecule has 1 atom stereocenters. The number of nitrogens with one attached hydrogen (secondary N) is 2. The van der Waals surface area contributed by atoms with Gasteiger partial charge in [-0.05, 0) is 62.1 Å². The first kappa shape index (κ1) is 23.5. The Morgan fingerprint density at radius 1 is 1.19 bits per heavy atom. The van der Waals surface area contributed by atoms with Crippen molar-refractivity contribution in [3.05, 3.63) is 83.2 Å². The molecule has 8 heteroatoms. The van der Waals surface area contributed by atoms with Crippen LogP contribution in [0.25, 0.3) is 5.69 Å². The maximum absolute atomic E-state index is 14.6. The fraction of sp³-hybridized carbons (Fsp3) is 0.292. The molecular formula is C24H27FN4O2S. The van der Waals surface area contributed by atoms with E-state index in [1.54, 1.807) is 59.9 Å². The molecule has 1 heterocycles. The first-order chi connectivity index (χ1) is 15.4. The van der Waals surface area contributed by atoms with E-state index in [9.17, 15) is 14.0 Å². The van der Waals surface area contributed by atoms with Gasteiger partial charge in [-0.3, -0.25) is 9.59 Å². The highest BCUT2D eigenvalue weighted by Crippen LogP contribution is 2.17. The molecule has 0 saturated heterocycles. The van der Waals surface area contributed by atoms with Gasteiger partial charge in [-0.1, -0.05) is 23.8 Å². The Labute approximate surface area is 191 Å². The summed E-state index contributed by atoms with van der Waals surface area (Å²) in [5.41, 5.74) is 2.52. The van der Waals surface area contributed by atoms with Crippen molar-refractivity contribution < 1.29 is 14.0 Å². The van der Waals surface area contributed by atoms with Crippen molar-refractivity contribution in [3.63, 3.8) is 0 Å². The van der Waals surface area contributed by atoms with Crippen molar-refractivity contribution in [1.82, 2.24) is 20.2 Å². The van der Waals surface area contributed by atoms with Gasteiger partial charge in [0.25, 0.3) is 5.91 Å². The highest BCUT2D eigenvalue weighted by Gasteiger charge is 2.21. The maximum Gasteiger partial charge on any atom is 0.251 e. The standard InChI is InChI=1S/C24H27FN4O2S/c1-16-5-4-6-19(13-16)23(30)28-21(9-12-32-3)24(31)27-15-18-7-8-22(20(25)14-18)29-11-10-26-17(29)2/h4-8,10-11,13-14,21H,9,12,15H2,1-3H3,(H,27,31)(H,28,30). The average Bonchev–Trinajstić information content (AvgIpc) is 3.20. The zero-order chi connectivity index (χ0) is 23.1. The van der Waals surface area contributed by atoms with Gasteiger partial charge in [-0.2, -0.15) is 11.8 Å². The smallest absolute Gasteiger partial charge is 0.251 e. The van der Waals surface area contributed by atoms with Crippen LogP contribution in [-0.4, -0.2) is 39.4 Å². The summed E-state index contributed by atoms with van der Waals surface area (Å²) in [6.45, 7) is 3.87. The molecule has 0 aliphatic carbocycles. The summed E-state index contributed by atoms with van der Waals surface area (Å²) in [6, 6.07) is 11.4. The van der Waals surface area contributed by atoms with Crippen molar-refractivity contribution in [3.8, 4) is 5.69 Å². The quantitative estimate of drug-likeness (QED) is 0.516. The molecule has 2 N–H and O–H groups in total. The third kappa shape index (κ3) is 5.97. The summed E-state index contributed by atoms with van der Waals surface area (Å²) in [7, 11) is 0. The topological polar surface area (TPSA) is 76.0 Å². The number of thioether (sulfide) groups is 1. The van der Waals surface area contributed by atoms with Gasteiger partial charge in [0.1, 0.15) is 17.7 Å². The Kier molecular flexibility index (Phi) is 8.05. The van der Waals surface area contributed by atoms with E-state index in [1.807, 2.05) is 25.3 Å². The second-order valence-electron chi connectivity index (χ2n) is 7.53. The molecule has 3 aromatic rings. The van der Waals surface area contributed by atoms with E-state index in [4.69, 9.17) is 0 Å². The van der Waals surface area contributed by atoms with Gasteiger partial charge in [0.15, 0.2) is 0 Å². The Balaban J connectivity index is 1.65. The zero-order valence-corrected chi connectivity index (χ0v) is 19.2. The molecule has 6 nitrogen and oxygen atoms in total. The van der Waals surface area contributed by atoms with Crippen LogP contribution in [0.5, 0.6) is 0 Å². The van der Waals surface area contributed by atoms with Gasteiger partial charge in [0, 0.05) is 24.5 Å². The third-order valence-electron chi connectivity index (χ3n) is 5.08. The van der Waals surface area contributed by atoms with Crippen LogP contribution in [-0.2, 0) is 11.3 Å². The Morgan fingerprint density at radius 3 is 2.66 bits per heavy atom. The van der Waals surface area contributed by atoms with Crippen molar-refractivity contribution in [2.75, 3.05) is 12.0 Å². The van der Waals surface area contributed by atoms with Gasteiger partial charge < -0.3 is 15.2 Å². The average molecular weight is 455 g/mol. The van der Waals surface area contributed by atoms with Crippen LogP contribution < -0.4 is 10.6 Å². The molecule has 0 aliphatic rings. The number of rotatable bonds is 9. The summed E-state index contributed by atoms with van der Waals surface area (Å²) in [4.78, 5) is 29.5. The van der Waals surface area contributed by atoms with Crippen molar-refractivity contribution in [2.24, 2.45) is 0 Å².